The Bertz CT molecular complexity index is 493. The van der Waals surface area contributed by atoms with Crippen molar-refractivity contribution < 1.29 is 14.3 Å². The molecule has 1 unspecified atom stereocenters. The number of urea groups is 1. The molecule has 6 heteroatoms. The third-order valence-electron chi connectivity index (χ3n) is 3.57. The van der Waals surface area contributed by atoms with Crippen LogP contribution in [0.15, 0.2) is 24.3 Å². The molecular weight excluding hydrogens is 316 g/mol. The van der Waals surface area contributed by atoms with Crippen LogP contribution in [0.3, 0.4) is 0 Å². The lowest BCUT2D eigenvalue weighted by Gasteiger charge is -2.33. The molecule has 1 atom stereocenters. The number of nitrogens with zero attached hydrogens (tertiary/aromatic N) is 1. The van der Waals surface area contributed by atoms with Gasteiger partial charge in [-0.2, -0.15) is 0 Å². The summed E-state index contributed by atoms with van der Waals surface area (Å²) in [5, 5.41) is 3.59. The van der Waals surface area contributed by atoms with Crippen LogP contribution in [0.25, 0.3) is 0 Å². The zero-order chi connectivity index (χ0) is 16.7. The first-order chi connectivity index (χ1) is 11.1. The molecule has 2 amide bonds. The summed E-state index contributed by atoms with van der Waals surface area (Å²) >= 11 is 5.90. The van der Waals surface area contributed by atoms with Crippen molar-refractivity contribution in [1.82, 2.24) is 10.2 Å². The standard InChI is InChI=1S/C17H25ClN2O3/c1-13(2)12-22-9-7-19-17(21)20-8-10-23-16(11-20)14-3-5-15(18)6-4-14/h3-6,13,16H,7-12H2,1-2H3,(H,19,21). The summed E-state index contributed by atoms with van der Waals surface area (Å²) in [5.41, 5.74) is 1.03. The lowest BCUT2D eigenvalue weighted by molar-refractivity contribution is -0.0156. The third kappa shape index (κ3) is 6.01. The Hall–Kier alpha value is -1.30. The predicted molar refractivity (Wildman–Crippen MR) is 90.8 cm³/mol. The molecule has 0 aromatic heterocycles. The Morgan fingerprint density at radius 1 is 1.43 bits per heavy atom. The number of amides is 2. The highest BCUT2D eigenvalue weighted by molar-refractivity contribution is 6.30. The number of halogens is 1. The van der Waals surface area contributed by atoms with E-state index in [2.05, 4.69) is 19.2 Å². The number of benzene rings is 1. The van der Waals surface area contributed by atoms with Gasteiger partial charge < -0.3 is 19.7 Å². The average molecular weight is 341 g/mol. The average Bonchev–Trinajstić information content (AvgIpc) is 2.55. The summed E-state index contributed by atoms with van der Waals surface area (Å²) < 4.78 is 11.2. The smallest absolute Gasteiger partial charge is 0.317 e. The molecule has 1 heterocycles. The number of hydrogen-bond donors (Lipinski definition) is 1. The Morgan fingerprint density at radius 3 is 2.87 bits per heavy atom. The van der Waals surface area contributed by atoms with E-state index in [1.165, 1.54) is 0 Å². The molecule has 1 aromatic carbocycles. The van der Waals surface area contributed by atoms with E-state index < -0.39 is 0 Å². The van der Waals surface area contributed by atoms with Crippen molar-refractivity contribution in [2.45, 2.75) is 20.0 Å². The van der Waals surface area contributed by atoms with Crippen molar-refractivity contribution in [2.24, 2.45) is 5.92 Å². The highest BCUT2D eigenvalue weighted by Gasteiger charge is 2.25. The topological polar surface area (TPSA) is 50.8 Å². The Kier molecular flexibility index (Phi) is 7.15. The summed E-state index contributed by atoms with van der Waals surface area (Å²) in [6.45, 7) is 7.65. The van der Waals surface area contributed by atoms with Gasteiger partial charge in [0.25, 0.3) is 0 Å². The fraction of sp³-hybridized carbons (Fsp3) is 0.588. The molecule has 1 aliphatic rings. The molecule has 1 aromatic rings. The number of rotatable bonds is 6. The molecule has 0 radical (unpaired) electrons. The van der Waals surface area contributed by atoms with Gasteiger partial charge in [0.15, 0.2) is 0 Å². The van der Waals surface area contributed by atoms with Crippen molar-refractivity contribution in [2.75, 3.05) is 39.5 Å². The minimum atomic E-state index is -0.107. The molecule has 5 nitrogen and oxygen atoms in total. The molecule has 0 spiro atoms. The third-order valence-corrected chi connectivity index (χ3v) is 3.82. The van der Waals surface area contributed by atoms with Gasteiger partial charge in [-0.15, -0.1) is 0 Å². The van der Waals surface area contributed by atoms with Crippen LogP contribution >= 0.6 is 11.6 Å². The first-order valence-electron chi connectivity index (χ1n) is 8.04. The van der Waals surface area contributed by atoms with E-state index in [-0.39, 0.29) is 12.1 Å². The molecule has 2 rings (SSSR count). The number of nitrogens with one attached hydrogen (secondary N) is 1. The predicted octanol–water partition coefficient (Wildman–Crippen LogP) is 3.10. The van der Waals surface area contributed by atoms with Crippen LogP contribution in [-0.2, 0) is 9.47 Å². The largest absolute Gasteiger partial charge is 0.379 e. The van der Waals surface area contributed by atoms with Crippen LogP contribution in [0, 0.1) is 5.92 Å². The van der Waals surface area contributed by atoms with Gasteiger partial charge in [0.2, 0.25) is 0 Å². The summed E-state index contributed by atoms with van der Waals surface area (Å²) in [7, 11) is 0. The van der Waals surface area contributed by atoms with Crippen LogP contribution in [0.1, 0.15) is 25.5 Å². The molecule has 1 saturated heterocycles. The monoisotopic (exact) mass is 340 g/mol. The fourth-order valence-corrected chi connectivity index (χ4v) is 2.50. The molecule has 23 heavy (non-hydrogen) atoms. The van der Waals surface area contributed by atoms with E-state index in [1.807, 2.05) is 24.3 Å². The van der Waals surface area contributed by atoms with Crippen LogP contribution in [0.5, 0.6) is 0 Å². The van der Waals surface area contributed by atoms with E-state index in [1.54, 1.807) is 4.90 Å². The number of ether oxygens (including phenoxy) is 2. The lowest BCUT2D eigenvalue weighted by atomic mass is 10.1. The highest BCUT2D eigenvalue weighted by atomic mass is 35.5. The molecule has 1 fully saturated rings. The van der Waals surface area contributed by atoms with Crippen molar-refractivity contribution in [3.05, 3.63) is 34.9 Å². The van der Waals surface area contributed by atoms with Crippen molar-refractivity contribution >= 4 is 17.6 Å². The normalized spacial score (nSPS) is 18.3. The zero-order valence-electron chi connectivity index (χ0n) is 13.8. The molecule has 1 aliphatic heterocycles. The first kappa shape index (κ1) is 18.0. The summed E-state index contributed by atoms with van der Waals surface area (Å²) in [6, 6.07) is 7.49. The summed E-state index contributed by atoms with van der Waals surface area (Å²) in [4.78, 5) is 14.0. The van der Waals surface area contributed by atoms with Crippen molar-refractivity contribution in [1.29, 1.82) is 0 Å². The fourth-order valence-electron chi connectivity index (χ4n) is 2.37. The molecular formula is C17H25ClN2O3. The Labute approximate surface area is 142 Å². The van der Waals surface area contributed by atoms with E-state index in [4.69, 9.17) is 21.1 Å². The summed E-state index contributed by atoms with van der Waals surface area (Å²) in [6.07, 6.45) is -0.107. The molecule has 0 aliphatic carbocycles. The number of morpholine rings is 1. The maximum atomic E-state index is 12.2. The summed E-state index contributed by atoms with van der Waals surface area (Å²) in [5.74, 6) is 0.505. The second-order valence-corrected chi connectivity index (χ2v) is 6.49. The Morgan fingerprint density at radius 2 is 2.17 bits per heavy atom. The van der Waals surface area contributed by atoms with Crippen LogP contribution in [0.4, 0.5) is 4.79 Å². The minimum Gasteiger partial charge on any atom is -0.379 e. The van der Waals surface area contributed by atoms with Crippen molar-refractivity contribution in [3.8, 4) is 0 Å². The van der Waals surface area contributed by atoms with Gasteiger partial charge in [0, 0.05) is 24.7 Å². The van der Waals surface area contributed by atoms with Gasteiger partial charge >= 0.3 is 6.03 Å². The molecule has 128 valence electrons. The number of hydrogen-bond acceptors (Lipinski definition) is 3. The zero-order valence-corrected chi connectivity index (χ0v) is 14.5. The van der Waals surface area contributed by atoms with Gasteiger partial charge in [-0.3, -0.25) is 0 Å². The van der Waals surface area contributed by atoms with Gasteiger partial charge in [-0.1, -0.05) is 37.6 Å². The van der Waals surface area contributed by atoms with E-state index >= 15 is 0 Å². The van der Waals surface area contributed by atoms with Gasteiger partial charge in [-0.25, -0.2) is 4.79 Å². The lowest BCUT2D eigenvalue weighted by Crippen LogP contribution is -2.47. The second-order valence-electron chi connectivity index (χ2n) is 6.06. The molecule has 0 bridgehead atoms. The van der Waals surface area contributed by atoms with Gasteiger partial charge in [0.1, 0.15) is 6.10 Å². The Balaban J connectivity index is 1.76. The van der Waals surface area contributed by atoms with Crippen LogP contribution in [0.2, 0.25) is 5.02 Å². The number of carbonyl (C=O) groups is 1. The molecule has 0 saturated carbocycles. The highest BCUT2D eigenvalue weighted by Crippen LogP contribution is 2.23. The van der Waals surface area contributed by atoms with E-state index in [0.29, 0.717) is 50.4 Å². The quantitative estimate of drug-likeness (QED) is 0.810. The van der Waals surface area contributed by atoms with Gasteiger partial charge in [0.05, 0.1) is 19.8 Å². The van der Waals surface area contributed by atoms with E-state index in [0.717, 1.165) is 5.56 Å². The molecule has 1 N–H and O–H groups in total. The second kappa shape index (κ2) is 9.11. The maximum Gasteiger partial charge on any atom is 0.317 e. The first-order valence-corrected chi connectivity index (χ1v) is 8.41. The SMILES string of the molecule is CC(C)COCCNC(=O)N1CCOC(c2ccc(Cl)cc2)C1. The van der Waals surface area contributed by atoms with E-state index in [9.17, 15) is 4.79 Å². The minimum absolute atomic E-state index is 0.0691. The maximum absolute atomic E-state index is 12.2. The number of carbonyl (C=O) groups excluding carboxylic acids is 1. The van der Waals surface area contributed by atoms with Crippen molar-refractivity contribution in [3.63, 3.8) is 0 Å². The van der Waals surface area contributed by atoms with Crippen LogP contribution < -0.4 is 5.32 Å². The van der Waals surface area contributed by atoms with Crippen LogP contribution in [-0.4, -0.2) is 50.4 Å². The van der Waals surface area contributed by atoms with Gasteiger partial charge in [-0.05, 0) is 23.6 Å².